The average molecular weight is 425 g/mol. The van der Waals surface area contributed by atoms with E-state index in [-0.39, 0.29) is 11.8 Å². The first-order valence-electron chi connectivity index (χ1n) is 9.56. The van der Waals surface area contributed by atoms with Gasteiger partial charge in [0.15, 0.2) is 5.13 Å². The number of amides is 2. The number of nitrogens with zero attached hydrogens (tertiary/aromatic N) is 1. The zero-order valence-electron chi connectivity index (χ0n) is 16.9. The van der Waals surface area contributed by atoms with Gasteiger partial charge in [0.1, 0.15) is 5.75 Å². The Morgan fingerprint density at radius 3 is 2.63 bits per heavy atom. The number of aryl methyl sites for hydroxylation is 1. The molecule has 1 aromatic heterocycles. The van der Waals surface area contributed by atoms with Gasteiger partial charge in [-0.2, -0.15) is 0 Å². The summed E-state index contributed by atoms with van der Waals surface area (Å²) in [5.41, 5.74) is 2.25. The maximum absolute atomic E-state index is 12.6. The number of ketones is 1. The van der Waals surface area contributed by atoms with Crippen molar-refractivity contribution in [3.05, 3.63) is 70.7 Å². The van der Waals surface area contributed by atoms with Gasteiger partial charge in [0.2, 0.25) is 5.78 Å². The maximum atomic E-state index is 12.6. The van der Waals surface area contributed by atoms with Crippen LogP contribution >= 0.6 is 11.3 Å². The van der Waals surface area contributed by atoms with Crippen LogP contribution in [0.3, 0.4) is 0 Å². The molecule has 0 aliphatic carbocycles. The molecule has 3 rings (SSSR count). The first-order chi connectivity index (χ1) is 14.6. The number of thiazole rings is 1. The fourth-order valence-electron chi connectivity index (χ4n) is 2.82. The Balaban J connectivity index is 1.40. The number of hydrogen-bond donors (Lipinski definition) is 3. The van der Waals surface area contributed by atoms with Crippen molar-refractivity contribution >= 4 is 34.0 Å². The fourth-order valence-corrected chi connectivity index (χ4v) is 3.62. The molecule has 3 aromatic rings. The number of rotatable bonds is 9. The zero-order valence-corrected chi connectivity index (χ0v) is 17.7. The Hall–Kier alpha value is -3.39. The molecule has 0 saturated carbocycles. The average Bonchev–Trinajstić information content (AvgIpc) is 3.23. The van der Waals surface area contributed by atoms with Crippen molar-refractivity contribution in [2.24, 2.45) is 0 Å². The van der Waals surface area contributed by atoms with Crippen molar-refractivity contribution in [2.45, 2.75) is 13.3 Å². The molecule has 0 saturated heterocycles. The molecule has 1 heterocycles. The zero-order chi connectivity index (χ0) is 21.3. The second-order valence-corrected chi connectivity index (χ2v) is 7.57. The van der Waals surface area contributed by atoms with Crippen LogP contribution in [0.2, 0.25) is 0 Å². The number of para-hydroxylation sites is 2. The summed E-state index contributed by atoms with van der Waals surface area (Å²) in [6.07, 6.45) is 2.31. The minimum absolute atomic E-state index is 0.0201. The summed E-state index contributed by atoms with van der Waals surface area (Å²) in [5, 5.41) is 9.44. The number of benzene rings is 2. The Morgan fingerprint density at radius 2 is 1.83 bits per heavy atom. The lowest BCUT2D eigenvalue weighted by Crippen LogP contribution is -2.30. The van der Waals surface area contributed by atoms with Crippen LogP contribution in [0.15, 0.2) is 54.7 Å². The van der Waals surface area contributed by atoms with Gasteiger partial charge in [-0.25, -0.2) is 9.78 Å². The Bertz CT molecular complexity index is 1020. The minimum atomic E-state index is -0.292. The molecular formula is C22H24N4O3S. The molecule has 0 radical (unpaired) electrons. The minimum Gasteiger partial charge on any atom is -0.495 e. The number of urea groups is 1. The van der Waals surface area contributed by atoms with Gasteiger partial charge in [-0.05, 0) is 31.0 Å². The third-order valence-corrected chi connectivity index (χ3v) is 5.34. The van der Waals surface area contributed by atoms with Crippen LogP contribution < -0.4 is 20.7 Å². The molecule has 0 spiro atoms. The van der Waals surface area contributed by atoms with E-state index in [1.807, 2.05) is 43.3 Å². The van der Waals surface area contributed by atoms with Crippen LogP contribution in [-0.2, 0) is 0 Å². The summed E-state index contributed by atoms with van der Waals surface area (Å²) >= 11 is 1.33. The monoisotopic (exact) mass is 424 g/mol. The van der Waals surface area contributed by atoms with Crippen molar-refractivity contribution in [3.8, 4) is 5.75 Å². The number of methoxy groups -OCH3 is 1. The summed E-state index contributed by atoms with van der Waals surface area (Å²) in [4.78, 5) is 29.5. The Kier molecular flexibility index (Phi) is 7.40. The SMILES string of the molecule is COc1ccccc1NC(=O)NCCCNc1ncc(C(=O)c2ccccc2C)s1. The highest BCUT2D eigenvalue weighted by molar-refractivity contribution is 7.17. The molecule has 0 bridgehead atoms. The van der Waals surface area contributed by atoms with E-state index in [4.69, 9.17) is 4.74 Å². The van der Waals surface area contributed by atoms with E-state index < -0.39 is 0 Å². The van der Waals surface area contributed by atoms with Gasteiger partial charge in [-0.15, -0.1) is 0 Å². The highest BCUT2D eigenvalue weighted by atomic mass is 32.1. The lowest BCUT2D eigenvalue weighted by molar-refractivity contribution is 0.104. The van der Waals surface area contributed by atoms with E-state index in [1.165, 1.54) is 11.3 Å². The molecular weight excluding hydrogens is 400 g/mol. The van der Waals surface area contributed by atoms with E-state index in [0.717, 1.165) is 5.56 Å². The predicted octanol–water partition coefficient (Wildman–Crippen LogP) is 4.31. The number of carbonyl (C=O) groups excluding carboxylic acids is 2. The molecule has 8 heteroatoms. The van der Waals surface area contributed by atoms with E-state index in [2.05, 4.69) is 20.9 Å². The second kappa shape index (κ2) is 10.4. The summed E-state index contributed by atoms with van der Waals surface area (Å²) in [7, 11) is 1.56. The predicted molar refractivity (Wildman–Crippen MR) is 120 cm³/mol. The third-order valence-electron chi connectivity index (χ3n) is 4.39. The highest BCUT2D eigenvalue weighted by Crippen LogP contribution is 2.23. The lowest BCUT2D eigenvalue weighted by atomic mass is 10.0. The number of carbonyl (C=O) groups is 2. The smallest absolute Gasteiger partial charge is 0.319 e. The molecule has 156 valence electrons. The first-order valence-corrected chi connectivity index (χ1v) is 10.4. The first kappa shape index (κ1) is 21.3. The van der Waals surface area contributed by atoms with Crippen LogP contribution in [0.1, 0.15) is 27.2 Å². The number of nitrogens with one attached hydrogen (secondary N) is 3. The normalized spacial score (nSPS) is 10.3. The standard InChI is InChI=1S/C22H24N4O3S/c1-15-8-3-4-9-16(15)20(27)19-14-25-22(30-19)24-13-7-12-23-21(28)26-17-10-5-6-11-18(17)29-2/h3-6,8-11,14H,7,12-13H2,1-2H3,(H,24,25)(H2,23,26,28). The topological polar surface area (TPSA) is 92.3 Å². The van der Waals surface area contributed by atoms with E-state index >= 15 is 0 Å². The van der Waals surface area contributed by atoms with E-state index in [1.54, 1.807) is 25.4 Å². The number of ether oxygens (including phenoxy) is 1. The summed E-state index contributed by atoms with van der Waals surface area (Å²) in [5.74, 6) is 0.586. The molecule has 0 atom stereocenters. The third kappa shape index (κ3) is 5.57. The van der Waals surface area contributed by atoms with Crippen molar-refractivity contribution < 1.29 is 14.3 Å². The molecule has 0 aliphatic heterocycles. The molecule has 2 amide bonds. The summed E-state index contributed by atoms with van der Waals surface area (Å²) < 4.78 is 5.21. The van der Waals surface area contributed by atoms with Crippen LogP contribution in [0.5, 0.6) is 5.75 Å². The highest BCUT2D eigenvalue weighted by Gasteiger charge is 2.14. The Morgan fingerprint density at radius 1 is 1.07 bits per heavy atom. The molecule has 2 aromatic carbocycles. The fraction of sp³-hybridized carbons (Fsp3) is 0.227. The number of hydrogen-bond acceptors (Lipinski definition) is 6. The van der Waals surface area contributed by atoms with Crippen LogP contribution in [0.25, 0.3) is 0 Å². The maximum Gasteiger partial charge on any atom is 0.319 e. The second-order valence-electron chi connectivity index (χ2n) is 6.54. The van der Waals surface area contributed by atoms with E-state index in [0.29, 0.717) is 46.5 Å². The molecule has 0 aliphatic rings. The van der Waals surface area contributed by atoms with Crippen molar-refractivity contribution in [1.29, 1.82) is 0 Å². The van der Waals surface area contributed by atoms with Gasteiger partial charge in [-0.3, -0.25) is 4.79 Å². The van der Waals surface area contributed by atoms with Gasteiger partial charge >= 0.3 is 6.03 Å². The van der Waals surface area contributed by atoms with Crippen LogP contribution in [0.4, 0.5) is 15.6 Å². The lowest BCUT2D eigenvalue weighted by Gasteiger charge is -2.11. The molecule has 7 nitrogen and oxygen atoms in total. The van der Waals surface area contributed by atoms with Gasteiger partial charge < -0.3 is 20.7 Å². The largest absolute Gasteiger partial charge is 0.495 e. The molecule has 0 unspecified atom stereocenters. The van der Waals surface area contributed by atoms with Crippen molar-refractivity contribution in [3.63, 3.8) is 0 Å². The van der Waals surface area contributed by atoms with Crippen LogP contribution in [0, 0.1) is 6.92 Å². The van der Waals surface area contributed by atoms with Gasteiger partial charge in [-0.1, -0.05) is 47.7 Å². The summed E-state index contributed by atoms with van der Waals surface area (Å²) in [6, 6.07) is 14.5. The van der Waals surface area contributed by atoms with E-state index in [9.17, 15) is 9.59 Å². The molecule has 30 heavy (non-hydrogen) atoms. The van der Waals surface area contributed by atoms with Gasteiger partial charge in [0.25, 0.3) is 0 Å². The quantitative estimate of drug-likeness (QED) is 0.352. The van der Waals surface area contributed by atoms with Crippen molar-refractivity contribution in [2.75, 3.05) is 30.8 Å². The van der Waals surface area contributed by atoms with Gasteiger partial charge in [0.05, 0.1) is 23.9 Å². The van der Waals surface area contributed by atoms with Crippen LogP contribution in [-0.4, -0.2) is 37.0 Å². The van der Waals surface area contributed by atoms with Gasteiger partial charge in [0, 0.05) is 18.7 Å². The molecule has 0 fully saturated rings. The molecule has 3 N–H and O–H groups in total. The number of aromatic nitrogens is 1. The number of anilines is 2. The van der Waals surface area contributed by atoms with Crippen molar-refractivity contribution in [1.82, 2.24) is 10.3 Å². The summed E-state index contributed by atoms with van der Waals surface area (Å²) in [6.45, 7) is 3.04. The Labute approximate surface area is 179 Å².